The van der Waals surface area contributed by atoms with Gasteiger partial charge in [-0.05, 0) is 19.3 Å². The summed E-state index contributed by atoms with van der Waals surface area (Å²) in [6, 6.07) is 0. The van der Waals surface area contributed by atoms with Crippen LogP contribution in [0.5, 0.6) is 0 Å². The van der Waals surface area contributed by atoms with Crippen LogP contribution in [0.1, 0.15) is 51.4 Å². The summed E-state index contributed by atoms with van der Waals surface area (Å²) in [4.78, 5) is 16.1. The number of carbonyl (C=O) groups excluding carboxylic acids is 1. The minimum absolute atomic E-state index is 0.219. The lowest BCUT2D eigenvalue weighted by molar-refractivity contribution is -0.167. The maximum Gasteiger partial charge on any atom is 0.326 e. The lowest BCUT2D eigenvalue weighted by Crippen LogP contribution is -2.43. The quantitative estimate of drug-likeness (QED) is 0.319. The highest BCUT2D eigenvalue weighted by Crippen LogP contribution is 2.08. The van der Waals surface area contributed by atoms with Crippen LogP contribution in [0.15, 0.2) is 12.7 Å². The average molecular weight is 257 g/mol. The second kappa shape index (κ2) is 12.5. The summed E-state index contributed by atoms with van der Waals surface area (Å²) in [6.07, 6.45) is 10.4. The summed E-state index contributed by atoms with van der Waals surface area (Å²) in [5.74, 6) is -0.219. The Morgan fingerprint density at radius 1 is 1.22 bits per heavy atom. The fourth-order valence-corrected chi connectivity index (χ4v) is 1.48. The molecule has 0 saturated carbocycles. The van der Waals surface area contributed by atoms with E-state index < -0.39 is 0 Å². The molecule has 0 amide bonds. The first-order chi connectivity index (χ1) is 8.70. The van der Waals surface area contributed by atoms with Gasteiger partial charge in [0.1, 0.15) is 0 Å². The number of hydrogen-bond donors (Lipinski definition) is 2. The molecular weight excluding hydrogens is 230 g/mol. The van der Waals surface area contributed by atoms with E-state index in [1.807, 2.05) is 6.08 Å². The molecule has 2 N–H and O–H groups in total. The third-order valence-electron chi connectivity index (χ3n) is 2.67. The standard InChI is InChI=1S/C13H27N3O2/c1-4-5-6-7-8-9-10-11-12-13(17)18-15-16(3)14-2/h4,14-15H,1,5-12H2,2-3H3. The van der Waals surface area contributed by atoms with Crippen LogP contribution < -0.4 is 11.0 Å². The molecular formula is C13H27N3O2. The number of carbonyl (C=O) groups is 1. The molecule has 0 atom stereocenters. The molecule has 106 valence electrons. The molecule has 0 aliphatic carbocycles. The van der Waals surface area contributed by atoms with Gasteiger partial charge in [0, 0.05) is 20.5 Å². The van der Waals surface area contributed by atoms with E-state index in [9.17, 15) is 4.79 Å². The van der Waals surface area contributed by atoms with Gasteiger partial charge in [-0.1, -0.05) is 37.3 Å². The van der Waals surface area contributed by atoms with Crippen molar-refractivity contribution in [3.63, 3.8) is 0 Å². The number of nitrogens with zero attached hydrogens (tertiary/aromatic N) is 1. The van der Waals surface area contributed by atoms with Gasteiger partial charge in [0.25, 0.3) is 0 Å². The minimum Gasteiger partial charge on any atom is -0.354 e. The second-order valence-electron chi connectivity index (χ2n) is 4.30. The highest BCUT2D eigenvalue weighted by atomic mass is 16.7. The minimum atomic E-state index is -0.219. The fourth-order valence-electron chi connectivity index (χ4n) is 1.48. The summed E-state index contributed by atoms with van der Waals surface area (Å²) in [6.45, 7) is 3.70. The molecule has 0 bridgehead atoms. The van der Waals surface area contributed by atoms with Crippen LogP contribution in [0.25, 0.3) is 0 Å². The van der Waals surface area contributed by atoms with Crippen molar-refractivity contribution in [1.82, 2.24) is 16.1 Å². The zero-order valence-electron chi connectivity index (χ0n) is 11.7. The van der Waals surface area contributed by atoms with Crippen LogP contribution in [-0.4, -0.2) is 25.2 Å². The first-order valence-corrected chi connectivity index (χ1v) is 6.68. The highest BCUT2D eigenvalue weighted by molar-refractivity contribution is 5.68. The molecule has 0 aromatic carbocycles. The molecule has 5 heteroatoms. The molecule has 0 aromatic heterocycles. The van der Waals surface area contributed by atoms with E-state index in [1.54, 1.807) is 14.1 Å². The molecule has 0 spiro atoms. The van der Waals surface area contributed by atoms with Gasteiger partial charge in [-0.15, -0.1) is 6.58 Å². The molecule has 0 rings (SSSR count). The largest absolute Gasteiger partial charge is 0.354 e. The molecule has 0 aliphatic heterocycles. The summed E-state index contributed by atoms with van der Waals surface area (Å²) in [7, 11) is 3.45. The number of hydrogen-bond acceptors (Lipinski definition) is 5. The SMILES string of the molecule is C=CCCCCCCCCC(=O)ONN(C)NC. The van der Waals surface area contributed by atoms with E-state index in [0.717, 1.165) is 19.3 Å². The third-order valence-corrected chi connectivity index (χ3v) is 2.67. The molecule has 0 radical (unpaired) electrons. The lowest BCUT2D eigenvalue weighted by Gasteiger charge is -2.14. The normalized spacial score (nSPS) is 10.6. The van der Waals surface area contributed by atoms with Crippen LogP contribution in [0.2, 0.25) is 0 Å². The van der Waals surface area contributed by atoms with Gasteiger partial charge in [-0.2, -0.15) is 5.12 Å². The van der Waals surface area contributed by atoms with Gasteiger partial charge in [0.05, 0.1) is 0 Å². The highest BCUT2D eigenvalue weighted by Gasteiger charge is 2.03. The molecule has 5 nitrogen and oxygen atoms in total. The van der Waals surface area contributed by atoms with Crippen molar-refractivity contribution in [2.75, 3.05) is 14.1 Å². The van der Waals surface area contributed by atoms with Gasteiger partial charge in [-0.3, -0.25) is 4.79 Å². The van der Waals surface area contributed by atoms with Gasteiger partial charge in [0.15, 0.2) is 0 Å². The summed E-state index contributed by atoms with van der Waals surface area (Å²) in [5.41, 5.74) is 5.23. The van der Waals surface area contributed by atoms with Crippen molar-refractivity contribution in [2.45, 2.75) is 51.4 Å². The van der Waals surface area contributed by atoms with Crippen LogP contribution in [0, 0.1) is 0 Å². The van der Waals surface area contributed by atoms with Crippen molar-refractivity contribution in [3.8, 4) is 0 Å². The maximum atomic E-state index is 11.3. The first kappa shape index (κ1) is 17.1. The van der Waals surface area contributed by atoms with Gasteiger partial charge < -0.3 is 4.84 Å². The molecule has 0 heterocycles. The Hall–Kier alpha value is -0.910. The van der Waals surface area contributed by atoms with Crippen LogP contribution in [-0.2, 0) is 9.63 Å². The van der Waals surface area contributed by atoms with E-state index in [-0.39, 0.29) is 5.97 Å². The smallest absolute Gasteiger partial charge is 0.326 e. The molecule has 0 aromatic rings. The Morgan fingerprint density at radius 2 is 1.83 bits per heavy atom. The van der Waals surface area contributed by atoms with E-state index >= 15 is 0 Å². The van der Waals surface area contributed by atoms with E-state index in [4.69, 9.17) is 4.84 Å². The first-order valence-electron chi connectivity index (χ1n) is 6.68. The molecule has 18 heavy (non-hydrogen) atoms. The van der Waals surface area contributed by atoms with Crippen molar-refractivity contribution in [2.24, 2.45) is 0 Å². The zero-order valence-corrected chi connectivity index (χ0v) is 11.7. The van der Waals surface area contributed by atoms with Gasteiger partial charge >= 0.3 is 5.97 Å². The van der Waals surface area contributed by atoms with Crippen molar-refractivity contribution >= 4 is 5.97 Å². The molecule has 0 fully saturated rings. The Bertz CT molecular complexity index is 222. The predicted molar refractivity (Wildman–Crippen MR) is 73.2 cm³/mol. The monoisotopic (exact) mass is 257 g/mol. The summed E-state index contributed by atoms with van der Waals surface area (Å²) < 4.78 is 0. The van der Waals surface area contributed by atoms with Crippen LogP contribution >= 0.6 is 0 Å². The maximum absolute atomic E-state index is 11.3. The van der Waals surface area contributed by atoms with Crippen molar-refractivity contribution < 1.29 is 9.63 Å². The number of unbranched alkanes of at least 4 members (excludes halogenated alkanes) is 6. The predicted octanol–water partition coefficient (Wildman–Crippen LogP) is 2.32. The Kier molecular flexibility index (Phi) is 11.9. The lowest BCUT2D eigenvalue weighted by atomic mass is 10.1. The Balaban J connectivity index is 3.22. The van der Waals surface area contributed by atoms with Gasteiger partial charge in [0.2, 0.25) is 0 Å². The summed E-state index contributed by atoms with van der Waals surface area (Å²) in [5, 5.41) is 1.47. The number of nitrogens with one attached hydrogen (secondary N) is 2. The number of rotatable bonds is 12. The van der Waals surface area contributed by atoms with E-state index in [0.29, 0.717) is 6.42 Å². The Morgan fingerprint density at radius 3 is 2.44 bits per heavy atom. The van der Waals surface area contributed by atoms with Crippen LogP contribution in [0.4, 0.5) is 0 Å². The molecule has 0 unspecified atom stereocenters. The third kappa shape index (κ3) is 11.6. The molecule has 0 aliphatic rings. The molecule has 0 saturated heterocycles. The summed E-state index contributed by atoms with van der Waals surface area (Å²) >= 11 is 0. The van der Waals surface area contributed by atoms with Crippen molar-refractivity contribution in [1.29, 1.82) is 0 Å². The van der Waals surface area contributed by atoms with Gasteiger partial charge in [-0.25, -0.2) is 5.43 Å². The number of allylic oxidation sites excluding steroid dienone is 1. The Labute approximate surface area is 110 Å². The zero-order chi connectivity index (χ0) is 13.6. The van der Waals surface area contributed by atoms with E-state index in [1.165, 1.54) is 30.8 Å². The topological polar surface area (TPSA) is 53.6 Å². The fraction of sp³-hybridized carbons (Fsp3) is 0.769. The second-order valence-corrected chi connectivity index (χ2v) is 4.30. The van der Waals surface area contributed by atoms with Crippen molar-refractivity contribution in [3.05, 3.63) is 12.7 Å². The number of hydrazine groups is 2. The average Bonchev–Trinajstić information content (AvgIpc) is 2.39. The van der Waals surface area contributed by atoms with Crippen LogP contribution in [0.3, 0.4) is 0 Å². The van der Waals surface area contributed by atoms with E-state index in [2.05, 4.69) is 17.6 Å².